The van der Waals surface area contributed by atoms with Crippen LogP contribution in [0.3, 0.4) is 0 Å². The molecule has 1 N–H and O–H groups in total. The topological polar surface area (TPSA) is 86.8 Å². The maximum absolute atomic E-state index is 13.7. The van der Waals surface area contributed by atoms with Crippen LogP contribution in [0.25, 0.3) is 0 Å². The van der Waals surface area contributed by atoms with Crippen molar-refractivity contribution in [2.24, 2.45) is 0 Å². The summed E-state index contributed by atoms with van der Waals surface area (Å²) in [6, 6.07) is 9.30. The number of halogens is 3. The summed E-state index contributed by atoms with van der Waals surface area (Å²) in [7, 11) is -3.95. The maximum Gasteiger partial charge on any atom is 0.244 e. The van der Waals surface area contributed by atoms with Gasteiger partial charge in [0.05, 0.1) is 22.0 Å². The number of benzene rings is 2. The fourth-order valence-electron chi connectivity index (χ4n) is 4.53. The standard InChI is InChI=1S/C26H32Cl2FN3O4S/c1-3-22(26(34)30-20-8-5-4-6-9-20)31(16-18-12-14-19(29)15-13-18)24(33)17-32(37(2,35)36)23-11-7-10-21(27)25(23)28/h7,10-15,20,22H,3-6,8-9,16-17H2,1-2H3,(H,30,34)/t22-/m1/s1. The van der Waals surface area contributed by atoms with Gasteiger partial charge in [-0.15, -0.1) is 0 Å². The number of anilines is 1. The van der Waals surface area contributed by atoms with Crippen LogP contribution in [0.5, 0.6) is 0 Å². The number of carbonyl (C=O) groups excluding carboxylic acids is 2. The van der Waals surface area contributed by atoms with Gasteiger partial charge in [0.1, 0.15) is 18.4 Å². The predicted octanol–water partition coefficient (Wildman–Crippen LogP) is 5.15. The van der Waals surface area contributed by atoms with Crippen molar-refractivity contribution in [2.45, 2.75) is 64.1 Å². The number of rotatable bonds is 10. The van der Waals surface area contributed by atoms with E-state index in [9.17, 15) is 22.4 Å². The molecule has 1 fully saturated rings. The van der Waals surface area contributed by atoms with E-state index in [0.717, 1.165) is 42.7 Å². The van der Waals surface area contributed by atoms with Crippen molar-refractivity contribution in [3.05, 3.63) is 63.9 Å². The van der Waals surface area contributed by atoms with Gasteiger partial charge in [-0.1, -0.05) is 67.6 Å². The van der Waals surface area contributed by atoms with Crippen molar-refractivity contribution in [3.8, 4) is 0 Å². The van der Waals surface area contributed by atoms with Crippen LogP contribution in [0.15, 0.2) is 42.5 Å². The number of sulfonamides is 1. The second-order valence-electron chi connectivity index (χ2n) is 9.26. The van der Waals surface area contributed by atoms with Gasteiger partial charge in [-0.3, -0.25) is 13.9 Å². The number of carbonyl (C=O) groups is 2. The molecule has 2 aromatic rings. The van der Waals surface area contributed by atoms with E-state index in [2.05, 4.69) is 5.32 Å². The fourth-order valence-corrected chi connectivity index (χ4v) is 5.83. The summed E-state index contributed by atoms with van der Waals surface area (Å²) in [4.78, 5) is 28.4. The molecule has 3 rings (SSSR count). The normalized spacial score (nSPS) is 15.2. The zero-order chi connectivity index (χ0) is 27.2. The molecule has 0 aromatic heterocycles. The molecule has 0 bridgehead atoms. The highest BCUT2D eigenvalue weighted by Gasteiger charge is 2.33. The predicted molar refractivity (Wildman–Crippen MR) is 145 cm³/mol. The first-order chi connectivity index (χ1) is 17.5. The van der Waals surface area contributed by atoms with Gasteiger partial charge in [0.2, 0.25) is 21.8 Å². The number of amides is 2. The molecule has 0 saturated heterocycles. The van der Waals surface area contributed by atoms with E-state index in [1.165, 1.54) is 47.4 Å². The first-order valence-electron chi connectivity index (χ1n) is 12.3. The van der Waals surface area contributed by atoms with Crippen molar-refractivity contribution >= 4 is 50.7 Å². The molecule has 11 heteroatoms. The molecule has 1 aliphatic carbocycles. The lowest BCUT2D eigenvalue weighted by molar-refractivity contribution is -0.140. The summed E-state index contributed by atoms with van der Waals surface area (Å²) in [5, 5.41) is 3.20. The van der Waals surface area contributed by atoms with Crippen molar-refractivity contribution in [1.29, 1.82) is 0 Å². The van der Waals surface area contributed by atoms with E-state index in [1.54, 1.807) is 6.92 Å². The Hall–Kier alpha value is -2.36. The summed E-state index contributed by atoms with van der Waals surface area (Å²) in [6.07, 6.45) is 6.23. The molecule has 0 radical (unpaired) electrons. The third-order valence-electron chi connectivity index (χ3n) is 6.48. The van der Waals surface area contributed by atoms with E-state index in [1.807, 2.05) is 0 Å². The van der Waals surface area contributed by atoms with Crippen LogP contribution in [-0.2, 0) is 26.2 Å². The Morgan fingerprint density at radius 2 is 1.73 bits per heavy atom. The number of hydrogen-bond donors (Lipinski definition) is 1. The molecule has 2 amide bonds. The molecular weight excluding hydrogens is 540 g/mol. The Morgan fingerprint density at radius 3 is 2.32 bits per heavy atom. The lowest BCUT2D eigenvalue weighted by Crippen LogP contribution is -2.54. The van der Waals surface area contributed by atoms with Gasteiger partial charge in [0.25, 0.3) is 0 Å². The third kappa shape index (κ3) is 7.82. The molecule has 202 valence electrons. The molecular formula is C26H32Cl2FN3O4S. The second kappa shape index (κ2) is 12.9. The Morgan fingerprint density at radius 1 is 1.08 bits per heavy atom. The third-order valence-corrected chi connectivity index (χ3v) is 8.42. The molecule has 1 aliphatic rings. The summed E-state index contributed by atoms with van der Waals surface area (Å²) in [6.45, 7) is 1.20. The zero-order valence-electron chi connectivity index (χ0n) is 20.9. The molecule has 7 nitrogen and oxygen atoms in total. The van der Waals surface area contributed by atoms with Gasteiger partial charge in [-0.25, -0.2) is 12.8 Å². The van der Waals surface area contributed by atoms with Crippen LogP contribution in [0.4, 0.5) is 10.1 Å². The minimum absolute atomic E-state index is 0.00339. The van der Waals surface area contributed by atoms with Gasteiger partial charge in [-0.2, -0.15) is 0 Å². The Balaban J connectivity index is 1.93. The van der Waals surface area contributed by atoms with E-state index < -0.39 is 34.3 Å². The molecule has 0 aliphatic heterocycles. The highest BCUT2D eigenvalue weighted by Crippen LogP contribution is 2.34. The van der Waals surface area contributed by atoms with Crippen LogP contribution >= 0.6 is 23.2 Å². The first kappa shape index (κ1) is 29.2. The minimum Gasteiger partial charge on any atom is -0.352 e. The second-order valence-corrected chi connectivity index (χ2v) is 12.0. The number of hydrogen-bond acceptors (Lipinski definition) is 4. The van der Waals surface area contributed by atoms with Gasteiger partial charge < -0.3 is 10.2 Å². The average Bonchev–Trinajstić information content (AvgIpc) is 2.85. The summed E-state index contributed by atoms with van der Waals surface area (Å²) in [5.74, 6) is -1.32. The minimum atomic E-state index is -3.95. The smallest absolute Gasteiger partial charge is 0.244 e. The zero-order valence-corrected chi connectivity index (χ0v) is 23.3. The molecule has 1 saturated carbocycles. The van der Waals surface area contributed by atoms with Crippen molar-refractivity contribution in [1.82, 2.24) is 10.2 Å². The van der Waals surface area contributed by atoms with Crippen molar-refractivity contribution in [2.75, 3.05) is 17.1 Å². The molecule has 2 aromatic carbocycles. The molecule has 0 unspecified atom stereocenters. The summed E-state index contributed by atoms with van der Waals surface area (Å²) < 4.78 is 39.8. The fraction of sp³-hybridized carbons (Fsp3) is 0.462. The molecule has 0 spiro atoms. The summed E-state index contributed by atoms with van der Waals surface area (Å²) in [5.41, 5.74) is 0.664. The van der Waals surface area contributed by atoms with Crippen LogP contribution in [0.2, 0.25) is 10.0 Å². The lowest BCUT2D eigenvalue weighted by Gasteiger charge is -2.34. The summed E-state index contributed by atoms with van der Waals surface area (Å²) >= 11 is 12.4. The van der Waals surface area contributed by atoms with E-state index in [0.29, 0.717) is 12.0 Å². The SMILES string of the molecule is CC[C@H](C(=O)NC1CCCCC1)N(Cc1ccc(F)cc1)C(=O)CN(c1cccc(Cl)c1Cl)S(C)(=O)=O. The Bertz CT molecular complexity index is 1200. The van der Waals surface area contributed by atoms with Crippen molar-refractivity contribution in [3.63, 3.8) is 0 Å². The first-order valence-corrected chi connectivity index (χ1v) is 14.9. The average molecular weight is 573 g/mol. The van der Waals surface area contributed by atoms with Gasteiger partial charge >= 0.3 is 0 Å². The lowest BCUT2D eigenvalue weighted by atomic mass is 9.95. The van der Waals surface area contributed by atoms with Crippen LogP contribution in [0, 0.1) is 5.82 Å². The van der Waals surface area contributed by atoms with E-state index in [4.69, 9.17) is 23.2 Å². The molecule has 1 atom stereocenters. The Labute approximate surface area is 228 Å². The largest absolute Gasteiger partial charge is 0.352 e. The highest BCUT2D eigenvalue weighted by molar-refractivity contribution is 7.92. The van der Waals surface area contributed by atoms with Gasteiger partial charge in [0, 0.05) is 12.6 Å². The van der Waals surface area contributed by atoms with Gasteiger partial charge in [0.15, 0.2) is 0 Å². The van der Waals surface area contributed by atoms with Crippen LogP contribution in [0.1, 0.15) is 51.0 Å². The van der Waals surface area contributed by atoms with Crippen molar-refractivity contribution < 1.29 is 22.4 Å². The van der Waals surface area contributed by atoms with Gasteiger partial charge in [-0.05, 0) is 49.1 Å². The maximum atomic E-state index is 13.7. The molecule has 37 heavy (non-hydrogen) atoms. The van der Waals surface area contributed by atoms with E-state index in [-0.39, 0.29) is 34.2 Å². The Kier molecular flexibility index (Phi) is 10.2. The molecule has 0 heterocycles. The quantitative estimate of drug-likeness (QED) is 0.427. The van der Waals surface area contributed by atoms with E-state index >= 15 is 0 Å². The van der Waals surface area contributed by atoms with Crippen LogP contribution < -0.4 is 9.62 Å². The number of nitrogens with one attached hydrogen (secondary N) is 1. The highest BCUT2D eigenvalue weighted by atomic mass is 35.5. The van der Waals surface area contributed by atoms with Crippen LogP contribution in [-0.4, -0.2) is 50.0 Å². The number of nitrogens with zero attached hydrogens (tertiary/aromatic N) is 2. The monoisotopic (exact) mass is 571 g/mol.